The SMILES string of the molecule is COCc1noc(C2(O)CCNC2)n1. The summed E-state index contributed by atoms with van der Waals surface area (Å²) in [7, 11) is 1.56. The molecule has 1 fully saturated rings. The highest BCUT2D eigenvalue weighted by Gasteiger charge is 2.38. The number of hydrogen-bond donors (Lipinski definition) is 2. The monoisotopic (exact) mass is 199 g/mol. The van der Waals surface area contributed by atoms with E-state index in [4.69, 9.17) is 9.26 Å². The van der Waals surface area contributed by atoms with Crippen LogP contribution in [0.2, 0.25) is 0 Å². The Balaban J connectivity index is 2.15. The molecule has 0 spiro atoms. The fraction of sp³-hybridized carbons (Fsp3) is 0.750. The fourth-order valence-corrected chi connectivity index (χ4v) is 1.49. The molecule has 1 atom stereocenters. The molecule has 2 heterocycles. The quantitative estimate of drug-likeness (QED) is 0.676. The molecule has 1 saturated heterocycles. The van der Waals surface area contributed by atoms with Crippen molar-refractivity contribution in [2.75, 3.05) is 20.2 Å². The van der Waals surface area contributed by atoms with Gasteiger partial charge in [-0.15, -0.1) is 0 Å². The molecule has 1 aromatic heterocycles. The van der Waals surface area contributed by atoms with E-state index in [9.17, 15) is 5.11 Å². The van der Waals surface area contributed by atoms with Gasteiger partial charge >= 0.3 is 0 Å². The Morgan fingerprint density at radius 2 is 2.57 bits per heavy atom. The van der Waals surface area contributed by atoms with Crippen LogP contribution in [0.15, 0.2) is 4.52 Å². The standard InChI is InChI=1S/C8H13N3O3/c1-13-4-6-10-7(14-11-6)8(12)2-3-9-5-8/h9,12H,2-5H2,1H3. The Kier molecular flexibility index (Phi) is 2.49. The molecule has 78 valence electrons. The summed E-state index contributed by atoms with van der Waals surface area (Å²) in [5, 5.41) is 16.8. The predicted molar refractivity (Wildman–Crippen MR) is 46.4 cm³/mol. The normalized spacial score (nSPS) is 27.0. The number of ether oxygens (including phenoxy) is 1. The first-order valence-corrected chi connectivity index (χ1v) is 4.50. The van der Waals surface area contributed by atoms with Crippen LogP contribution in [0.5, 0.6) is 0 Å². The van der Waals surface area contributed by atoms with Gasteiger partial charge in [-0.05, 0) is 13.0 Å². The van der Waals surface area contributed by atoms with E-state index in [1.807, 2.05) is 0 Å². The van der Waals surface area contributed by atoms with Crippen LogP contribution >= 0.6 is 0 Å². The molecule has 1 aromatic rings. The molecule has 0 amide bonds. The second kappa shape index (κ2) is 3.64. The first-order chi connectivity index (χ1) is 6.74. The van der Waals surface area contributed by atoms with Gasteiger partial charge in [0.1, 0.15) is 6.61 Å². The molecule has 1 aliphatic heterocycles. The summed E-state index contributed by atoms with van der Waals surface area (Å²) >= 11 is 0. The summed E-state index contributed by atoms with van der Waals surface area (Å²) in [5.74, 6) is 0.734. The molecule has 1 unspecified atom stereocenters. The molecule has 1 aliphatic rings. The minimum absolute atomic E-state index is 0.273. The Morgan fingerprint density at radius 3 is 3.21 bits per heavy atom. The van der Waals surface area contributed by atoms with Crippen molar-refractivity contribution < 1.29 is 14.4 Å². The van der Waals surface area contributed by atoms with Crippen molar-refractivity contribution in [2.24, 2.45) is 0 Å². The molecule has 2 rings (SSSR count). The molecule has 6 nitrogen and oxygen atoms in total. The number of methoxy groups -OCH3 is 1. The van der Waals surface area contributed by atoms with Gasteiger partial charge in [0.25, 0.3) is 5.89 Å². The number of nitrogens with one attached hydrogen (secondary N) is 1. The molecule has 0 bridgehead atoms. The Hall–Kier alpha value is -0.980. The third-order valence-electron chi connectivity index (χ3n) is 2.27. The largest absolute Gasteiger partial charge is 0.379 e. The molecule has 6 heteroatoms. The lowest BCUT2D eigenvalue weighted by atomic mass is 10.0. The number of aliphatic hydroxyl groups is 1. The number of hydrogen-bond acceptors (Lipinski definition) is 6. The summed E-state index contributed by atoms with van der Waals surface area (Å²) < 4.78 is 9.83. The maximum atomic E-state index is 10.0. The van der Waals surface area contributed by atoms with E-state index < -0.39 is 5.60 Å². The van der Waals surface area contributed by atoms with E-state index >= 15 is 0 Å². The maximum absolute atomic E-state index is 10.0. The number of rotatable bonds is 3. The van der Waals surface area contributed by atoms with Crippen molar-refractivity contribution in [1.82, 2.24) is 15.5 Å². The van der Waals surface area contributed by atoms with Gasteiger partial charge in [0.2, 0.25) is 0 Å². The zero-order chi connectivity index (χ0) is 10.0. The van der Waals surface area contributed by atoms with Gasteiger partial charge in [-0.3, -0.25) is 0 Å². The average molecular weight is 199 g/mol. The van der Waals surface area contributed by atoms with E-state index in [-0.39, 0.29) is 5.89 Å². The molecule has 0 aliphatic carbocycles. The van der Waals surface area contributed by atoms with Gasteiger partial charge in [-0.2, -0.15) is 4.98 Å². The van der Waals surface area contributed by atoms with Crippen LogP contribution in [-0.2, 0) is 16.9 Å². The fourth-order valence-electron chi connectivity index (χ4n) is 1.49. The van der Waals surface area contributed by atoms with Gasteiger partial charge in [-0.1, -0.05) is 5.16 Å². The van der Waals surface area contributed by atoms with E-state index in [1.165, 1.54) is 0 Å². The Labute approximate surface area is 81.3 Å². The van der Waals surface area contributed by atoms with Crippen molar-refractivity contribution in [3.63, 3.8) is 0 Å². The Bertz CT molecular complexity index is 307. The van der Waals surface area contributed by atoms with Gasteiger partial charge in [0.15, 0.2) is 11.4 Å². The number of aromatic nitrogens is 2. The smallest absolute Gasteiger partial charge is 0.260 e. The van der Waals surface area contributed by atoms with E-state index in [0.29, 0.717) is 25.4 Å². The predicted octanol–water partition coefficient (Wildman–Crippen LogP) is -0.603. The lowest BCUT2D eigenvalue weighted by Gasteiger charge is -2.14. The molecule has 2 N–H and O–H groups in total. The lowest BCUT2D eigenvalue weighted by molar-refractivity contribution is 0.0242. The average Bonchev–Trinajstić information content (AvgIpc) is 2.75. The topological polar surface area (TPSA) is 80.4 Å². The van der Waals surface area contributed by atoms with Gasteiger partial charge < -0.3 is 19.7 Å². The molecular weight excluding hydrogens is 186 g/mol. The highest BCUT2D eigenvalue weighted by atomic mass is 16.5. The van der Waals surface area contributed by atoms with Gasteiger partial charge in [0, 0.05) is 13.7 Å². The number of nitrogens with zero attached hydrogens (tertiary/aromatic N) is 2. The summed E-state index contributed by atoms with van der Waals surface area (Å²) in [6.07, 6.45) is 0.599. The third-order valence-corrected chi connectivity index (χ3v) is 2.27. The molecule has 14 heavy (non-hydrogen) atoms. The second-order valence-corrected chi connectivity index (χ2v) is 3.41. The van der Waals surface area contributed by atoms with Crippen LogP contribution in [0.1, 0.15) is 18.1 Å². The summed E-state index contributed by atoms with van der Waals surface area (Å²) in [6.45, 7) is 1.52. The van der Waals surface area contributed by atoms with E-state index in [2.05, 4.69) is 15.5 Å². The minimum Gasteiger partial charge on any atom is -0.379 e. The number of β-amino-alcohol motifs (C(OH)–C–C–N with tert-alkyl or cyclic N) is 1. The summed E-state index contributed by atoms with van der Waals surface area (Å²) in [6, 6.07) is 0. The van der Waals surface area contributed by atoms with Gasteiger partial charge in [-0.25, -0.2) is 0 Å². The van der Waals surface area contributed by atoms with E-state index in [0.717, 1.165) is 6.54 Å². The van der Waals surface area contributed by atoms with Crippen LogP contribution in [0, 0.1) is 0 Å². The van der Waals surface area contributed by atoms with Crippen LogP contribution in [0.25, 0.3) is 0 Å². The van der Waals surface area contributed by atoms with Crippen molar-refractivity contribution in [3.8, 4) is 0 Å². The second-order valence-electron chi connectivity index (χ2n) is 3.41. The van der Waals surface area contributed by atoms with E-state index in [1.54, 1.807) is 7.11 Å². The summed E-state index contributed by atoms with van der Waals surface area (Å²) in [5.41, 5.74) is -1.00. The zero-order valence-electron chi connectivity index (χ0n) is 7.99. The van der Waals surface area contributed by atoms with Crippen molar-refractivity contribution >= 4 is 0 Å². The van der Waals surface area contributed by atoms with Crippen LogP contribution in [0.4, 0.5) is 0 Å². The summed E-state index contributed by atoms with van der Waals surface area (Å²) in [4.78, 5) is 4.06. The van der Waals surface area contributed by atoms with Crippen molar-refractivity contribution in [2.45, 2.75) is 18.6 Å². The zero-order valence-corrected chi connectivity index (χ0v) is 7.99. The lowest BCUT2D eigenvalue weighted by Crippen LogP contribution is -2.28. The molecule has 0 aromatic carbocycles. The van der Waals surface area contributed by atoms with Crippen LogP contribution in [0.3, 0.4) is 0 Å². The first kappa shape index (κ1) is 9.57. The third kappa shape index (κ3) is 1.63. The molecule has 0 saturated carbocycles. The molecule has 0 radical (unpaired) electrons. The highest BCUT2D eigenvalue weighted by Crippen LogP contribution is 2.25. The highest BCUT2D eigenvalue weighted by molar-refractivity contribution is 5.03. The Morgan fingerprint density at radius 1 is 1.71 bits per heavy atom. The van der Waals surface area contributed by atoms with Crippen molar-refractivity contribution in [1.29, 1.82) is 0 Å². The maximum Gasteiger partial charge on any atom is 0.260 e. The van der Waals surface area contributed by atoms with Crippen LogP contribution in [-0.4, -0.2) is 35.4 Å². The first-order valence-electron chi connectivity index (χ1n) is 4.50. The van der Waals surface area contributed by atoms with Gasteiger partial charge in [0.05, 0.1) is 0 Å². The minimum atomic E-state index is -1.00. The van der Waals surface area contributed by atoms with Crippen LogP contribution < -0.4 is 5.32 Å². The van der Waals surface area contributed by atoms with Crippen molar-refractivity contribution in [3.05, 3.63) is 11.7 Å². The molecular formula is C8H13N3O3.